The van der Waals surface area contributed by atoms with Crippen molar-refractivity contribution in [1.82, 2.24) is 15.3 Å². The highest BCUT2D eigenvalue weighted by Gasteiger charge is 2.36. The molecular formula is C19H17F7N4O4S. The largest absolute Gasteiger partial charge is 0.451 e. The number of nitrogens with zero attached hydrogens (tertiary/aromatic N) is 2. The predicted octanol–water partition coefficient (Wildman–Crippen LogP) is 3.66. The number of anilines is 1. The van der Waals surface area contributed by atoms with E-state index in [2.05, 4.69) is 25.3 Å². The fourth-order valence-corrected chi connectivity index (χ4v) is 3.05. The Bertz CT molecular complexity index is 1220. The summed E-state index contributed by atoms with van der Waals surface area (Å²) < 4.78 is 119. The van der Waals surface area contributed by atoms with Crippen LogP contribution in [-0.4, -0.2) is 43.2 Å². The first-order valence-corrected chi connectivity index (χ1v) is 11.3. The van der Waals surface area contributed by atoms with Gasteiger partial charge in [-0.3, -0.25) is 4.79 Å². The van der Waals surface area contributed by atoms with Gasteiger partial charge in [0.1, 0.15) is 17.1 Å². The third kappa shape index (κ3) is 8.08. The second-order valence-corrected chi connectivity index (χ2v) is 8.88. The Morgan fingerprint density at radius 3 is 2.46 bits per heavy atom. The van der Waals surface area contributed by atoms with E-state index in [0.717, 1.165) is 17.7 Å². The average Bonchev–Trinajstić information content (AvgIpc) is 2.73. The van der Waals surface area contributed by atoms with Crippen LogP contribution < -0.4 is 15.4 Å². The van der Waals surface area contributed by atoms with Crippen molar-refractivity contribution in [3.05, 3.63) is 58.4 Å². The Kier molecular flexibility index (Phi) is 8.64. The van der Waals surface area contributed by atoms with Crippen molar-refractivity contribution in [3.8, 4) is 5.75 Å². The summed E-state index contributed by atoms with van der Waals surface area (Å²) in [6, 6.07) is 0.276. The first-order valence-electron chi connectivity index (χ1n) is 9.37. The van der Waals surface area contributed by atoms with Crippen LogP contribution in [0.5, 0.6) is 5.75 Å². The molecule has 0 radical (unpaired) electrons. The van der Waals surface area contributed by atoms with Crippen molar-refractivity contribution >= 4 is 21.6 Å². The van der Waals surface area contributed by atoms with E-state index >= 15 is 0 Å². The third-order valence-corrected chi connectivity index (χ3v) is 4.71. The third-order valence-electron chi connectivity index (χ3n) is 4.06. The second-order valence-electron chi connectivity index (χ2n) is 6.94. The topological polar surface area (TPSA) is 110 Å². The van der Waals surface area contributed by atoms with Gasteiger partial charge in [-0.1, -0.05) is 6.08 Å². The van der Waals surface area contributed by atoms with Gasteiger partial charge < -0.3 is 15.4 Å². The number of alkyl halides is 5. The average molecular weight is 530 g/mol. The van der Waals surface area contributed by atoms with Gasteiger partial charge in [0.15, 0.2) is 21.5 Å². The number of hydrogen-bond donors (Lipinski definition) is 2. The molecule has 0 spiro atoms. The molecule has 0 aliphatic rings. The van der Waals surface area contributed by atoms with Crippen LogP contribution in [0.25, 0.3) is 0 Å². The number of halogens is 7. The zero-order chi connectivity index (χ0) is 26.6. The summed E-state index contributed by atoms with van der Waals surface area (Å²) in [6.07, 6.45) is -2.58. The summed E-state index contributed by atoms with van der Waals surface area (Å²) in [5.41, 5.74) is -1.40. The molecule has 0 unspecified atom stereocenters. The van der Waals surface area contributed by atoms with Crippen molar-refractivity contribution in [2.24, 2.45) is 0 Å². The van der Waals surface area contributed by atoms with Gasteiger partial charge in [0.2, 0.25) is 5.82 Å². The quantitative estimate of drug-likeness (QED) is 0.476. The Hall–Kier alpha value is -3.43. The lowest BCUT2D eigenvalue weighted by Gasteiger charge is -2.17. The highest BCUT2D eigenvalue weighted by Crippen LogP contribution is 2.29. The van der Waals surface area contributed by atoms with Crippen molar-refractivity contribution in [3.63, 3.8) is 0 Å². The zero-order valence-corrected chi connectivity index (χ0v) is 18.6. The summed E-state index contributed by atoms with van der Waals surface area (Å²) in [5, 5.41) is 5.24. The van der Waals surface area contributed by atoms with Crippen LogP contribution >= 0.6 is 0 Å². The highest BCUT2D eigenvalue weighted by atomic mass is 32.2. The van der Waals surface area contributed by atoms with E-state index in [1.54, 1.807) is 0 Å². The second kappa shape index (κ2) is 10.9. The van der Waals surface area contributed by atoms with Crippen molar-refractivity contribution in [1.29, 1.82) is 0 Å². The standard InChI is InChI=1S/C19H17F7N4O4S/c1-9(5-6-35(2,32)33)29-16(31)11-8-28-17(19(24,25)26)30-15(11)27-7-10-13(34-18(22)23)4-3-12(20)14(10)21/h3-6,8-9,18H,7H2,1-2H3,(H,29,31)(H,27,28,30)/b6-5+/t9-/m0/s1. The minimum atomic E-state index is -5.05. The molecule has 1 aromatic heterocycles. The summed E-state index contributed by atoms with van der Waals surface area (Å²) >= 11 is 0. The minimum Gasteiger partial charge on any atom is -0.434 e. The molecule has 1 amide bonds. The van der Waals surface area contributed by atoms with Gasteiger partial charge in [-0.15, -0.1) is 0 Å². The molecule has 0 aliphatic carbocycles. The van der Waals surface area contributed by atoms with Crippen LogP contribution in [0.3, 0.4) is 0 Å². The van der Waals surface area contributed by atoms with Crippen molar-refractivity contribution in [2.75, 3.05) is 11.6 Å². The molecule has 2 aromatic rings. The molecule has 2 rings (SSSR count). The monoisotopic (exact) mass is 530 g/mol. The number of rotatable bonds is 9. The predicted molar refractivity (Wildman–Crippen MR) is 108 cm³/mol. The Morgan fingerprint density at radius 1 is 1.23 bits per heavy atom. The summed E-state index contributed by atoms with van der Waals surface area (Å²) in [6.45, 7) is -2.98. The first-order chi connectivity index (χ1) is 16.1. The maximum Gasteiger partial charge on any atom is 0.451 e. The summed E-state index contributed by atoms with van der Waals surface area (Å²) in [7, 11) is -3.53. The van der Waals surface area contributed by atoms with E-state index in [1.807, 2.05) is 0 Å². The van der Waals surface area contributed by atoms with Crippen LogP contribution in [0.15, 0.2) is 29.8 Å². The van der Waals surface area contributed by atoms with E-state index in [4.69, 9.17) is 0 Å². The van der Waals surface area contributed by atoms with E-state index in [0.29, 0.717) is 18.3 Å². The lowest BCUT2D eigenvalue weighted by atomic mass is 10.1. The molecule has 35 heavy (non-hydrogen) atoms. The number of hydrogen-bond acceptors (Lipinski definition) is 7. The lowest BCUT2D eigenvalue weighted by molar-refractivity contribution is -0.144. The molecule has 0 saturated heterocycles. The Morgan fingerprint density at radius 2 is 1.89 bits per heavy atom. The Labute approximate surface area is 194 Å². The molecule has 0 aliphatic heterocycles. The normalized spacial score (nSPS) is 13.2. The van der Waals surface area contributed by atoms with Gasteiger partial charge in [-0.25, -0.2) is 27.2 Å². The number of sulfone groups is 1. The molecule has 0 bridgehead atoms. The van der Waals surface area contributed by atoms with E-state index in [-0.39, 0.29) is 0 Å². The van der Waals surface area contributed by atoms with Crippen LogP contribution in [0.1, 0.15) is 28.7 Å². The number of benzene rings is 1. The van der Waals surface area contributed by atoms with Crippen molar-refractivity contribution in [2.45, 2.75) is 32.3 Å². The van der Waals surface area contributed by atoms with Gasteiger partial charge >= 0.3 is 12.8 Å². The van der Waals surface area contributed by atoms with Gasteiger partial charge in [0, 0.05) is 30.4 Å². The SMILES string of the molecule is C[C@@H](/C=C/S(C)(=O)=O)NC(=O)c1cnc(C(F)(F)F)nc1NCc1c(OC(F)F)ccc(F)c1F. The van der Waals surface area contributed by atoms with Crippen molar-refractivity contribution < 1.29 is 48.7 Å². The first kappa shape index (κ1) is 27.8. The summed E-state index contributed by atoms with van der Waals surface area (Å²) in [5.74, 6) is -7.42. The van der Waals surface area contributed by atoms with Gasteiger partial charge in [0.25, 0.3) is 5.91 Å². The lowest BCUT2D eigenvalue weighted by Crippen LogP contribution is -2.32. The highest BCUT2D eigenvalue weighted by molar-refractivity contribution is 7.93. The maximum atomic E-state index is 14.2. The van der Waals surface area contributed by atoms with Gasteiger partial charge in [-0.2, -0.15) is 22.0 Å². The molecule has 1 atom stereocenters. The van der Waals surface area contributed by atoms with Gasteiger partial charge in [0.05, 0.1) is 5.56 Å². The molecule has 1 heterocycles. The van der Waals surface area contributed by atoms with E-state index in [1.165, 1.54) is 6.92 Å². The number of aromatic nitrogens is 2. The van der Waals surface area contributed by atoms with Crippen LogP contribution in [0, 0.1) is 11.6 Å². The zero-order valence-electron chi connectivity index (χ0n) is 17.8. The van der Waals surface area contributed by atoms with E-state index < -0.39 is 81.3 Å². The van der Waals surface area contributed by atoms with Crippen LogP contribution in [0.4, 0.5) is 36.6 Å². The fourth-order valence-electron chi connectivity index (χ4n) is 2.53. The maximum absolute atomic E-state index is 14.2. The Balaban J connectivity index is 2.41. The van der Waals surface area contributed by atoms with E-state index in [9.17, 15) is 43.9 Å². The summed E-state index contributed by atoms with van der Waals surface area (Å²) in [4.78, 5) is 18.8. The number of ether oxygens (including phenoxy) is 1. The number of carbonyl (C=O) groups is 1. The van der Waals surface area contributed by atoms with Crippen LogP contribution in [-0.2, 0) is 22.6 Å². The molecule has 1 aromatic carbocycles. The molecule has 192 valence electrons. The van der Waals surface area contributed by atoms with Gasteiger partial charge in [-0.05, 0) is 19.1 Å². The number of amides is 1. The molecule has 16 heteroatoms. The fraction of sp³-hybridized carbons (Fsp3) is 0.316. The minimum absolute atomic E-state index is 0.499. The molecule has 0 fully saturated rings. The molecular weight excluding hydrogens is 513 g/mol. The van der Waals surface area contributed by atoms with Crippen LogP contribution in [0.2, 0.25) is 0 Å². The molecule has 8 nitrogen and oxygen atoms in total. The molecule has 2 N–H and O–H groups in total. The number of nitrogens with one attached hydrogen (secondary N) is 2. The molecule has 0 saturated carbocycles. The smallest absolute Gasteiger partial charge is 0.434 e. The number of carbonyl (C=O) groups excluding carboxylic acids is 1.